The highest BCUT2D eigenvalue weighted by Gasteiger charge is 2.14. The van der Waals surface area contributed by atoms with Gasteiger partial charge in [-0.1, -0.05) is 24.1 Å². The van der Waals surface area contributed by atoms with E-state index < -0.39 is 6.10 Å². The van der Waals surface area contributed by atoms with Crippen molar-refractivity contribution in [2.75, 3.05) is 26.2 Å². The Morgan fingerprint density at radius 1 is 1.36 bits per heavy atom. The Morgan fingerprint density at radius 2 is 2.14 bits per heavy atom. The van der Waals surface area contributed by atoms with Crippen LogP contribution in [0.4, 0.5) is 0 Å². The van der Waals surface area contributed by atoms with Crippen LogP contribution in [0.25, 0.3) is 0 Å². The van der Waals surface area contributed by atoms with E-state index >= 15 is 0 Å². The van der Waals surface area contributed by atoms with E-state index in [0.717, 1.165) is 13.0 Å². The molecule has 2 rings (SSSR count). The van der Waals surface area contributed by atoms with Gasteiger partial charge in [-0.2, -0.15) is 0 Å². The lowest BCUT2D eigenvalue weighted by Gasteiger charge is -2.26. The molecule has 1 aliphatic heterocycles. The fourth-order valence-electron chi connectivity index (χ4n) is 2.64. The minimum atomic E-state index is -0.520. The molecule has 0 radical (unpaired) electrons. The summed E-state index contributed by atoms with van der Waals surface area (Å²) in [4.78, 5) is 14.5. The second kappa shape index (κ2) is 9.01. The molecule has 1 fully saturated rings. The van der Waals surface area contributed by atoms with Gasteiger partial charge in [-0.05, 0) is 64.0 Å². The number of carbonyl (C=O) groups is 1. The topological polar surface area (TPSA) is 41.6 Å². The van der Waals surface area contributed by atoms with Crippen molar-refractivity contribution in [3.63, 3.8) is 0 Å². The first-order valence-corrected chi connectivity index (χ1v) is 8.45. The second-order valence-corrected chi connectivity index (χ2v) is 6.20. The van der Waals surface area contributed by atoms with Crippen LogP contribution in [0.5, 0.6) is 5.75 Å². The smallest absolute Gasteiger partial charge is 0.260 e. The third-order valence-corrected chi connectivity index (χ3v) is 4.11. The van der Waals surface area contributed by atoms with Gasteiger partial charge >= 0.3 is 0 Å². The molecule has 5 heteroatoms. The van der Waals surface area contributed by atoms with Crippen LogP contribution in [0.1, 0.15) is 32.6 Å². The highest BCUT2D eigenvalue weighted by molar-refractivity contribution is 6.30. The number of likely N-dealkylation sites (tertiary alicyclic amines) is 1. The Balaban J connectivity index is 1.63. The van der Waals surface area contributed by atoms with Crippen LogP contribution >= 0.6 is 11.6 Å². The van der Waals surface area contributed by atoms with Gasteiger partial charge in [0.25, 0.3) is 5.91 Å². The molecule has 0 saturated carbocycles. The molecule has 1 heterocycles. The van der Waals surface area contributed by atoms with Crippen LogP contribution in [0, 0.1) is 0 Å². The maximum absolute atomic E-state index is 12.0. The monoisotopic (exact) mass is 324 g/mol. The predicted molar refractivity (Wildman–Crippen MR) is 89.5 cm³/mol. The third kappa shape index (κ3) is 5.85. The maximum atomic E-state index is 12.0. The fourth-order valence-corrected chi connectivity index (χ4v) is 2.82. The van der Waals surface area contributed by atoms with Crippen LogP contribution in [0.2, 0.25) is 5.02 Å². The summed E-state index contributed by atoms with van der Waals surface area (Å²) in [6, 6.07) is 7.09. The predicted octanol–water partition coefficient (Wildman–Crippen LogP) is 3.10. The van der Waals surface area contributed by atoms with Crippen molar-refractivity contribution in [2.24, 2.45) is 0 Å². The standard InChI is InChI=1S/C17H25ClN2O2/c1-14(22-16-8-5-7-15(18)13-16)17(21)19-9-6-12-20-10-3-2-4-11-20/h5,7-8,13-14H,2-4,6,9-12H2,1H3,(H,19,21)/t14-/m0/s1. The third-order valence-electron chi connectivity index (χ3n) is 3.88. The van der Waals surface area contributed by atoms with Gasteiger partial charge in [-0.3, -0.25) is 4.79 Å². The van der Waals surface area contributed by atoms with Crippen LogP contribution < -0.4 is 10.1 Å². The van der Waals surface area contributed by atoms with E-state index in [9.17, 15) is 4.79 Å². The Kier molecular flexibility index (Phi) is 7.00. The van der Waals surface area contributed by atoms with Crippen molar-refractivity contribution in [1.29, 1.82) is 0 Å². The van der Waals surface area contributed by atoms with Gasteiger partial charge in [0, 0.05) is 11.6 Å². The zero-order valence-corrected chi connectivity index (χ0v) is 13.9. The molecule has 122 valence electrons. The van der Waals surface area contributed by atoms with E-state index in [0.29, 0.717) is 17.3 Å². The highest BCUT2D eigenvalue weighted by atomic mass is 35.5. The number of piperidine rings is 1. The number of carbonyl (C=O) groups excluding carboxylic acids is 1. The summed E-state index contributed by atoms with van der Waals surface area (Å²) in [5.74, 6) is 0.530. The van der Waals surface area contributed by atoms with Gasteiger partial charge in [0.15, 0.2) is 6.10 Å². The summed E-state index contributed by atoms with van der Waals surface area (Å²) < 4.78 is 5.60. The molecule has 0 unspecified atom stereocenters. The van der Waals surface area contributed by atoms with Crippen molar-refractivity contribution in [2.45, 2.75) is 38.7 Å². The Labute approximate surface area is 137 Å². The highest BCUT2D eigenvalue weighted by Crippen LogP contribution is 2.18. The van der Waals surface area contributed by atoms with E-state index in [2.05, 4.69) is 10.2 Å². The summed E-state index contributed by atoms with van der Waals surface area (Å²) in [6.45, 7) is 5.90. The largest absolute Gasteiger partial charge is 0.481 e. The number of hydrogen-bond acceptors (Lipinski definition) is 3. The Bertz CT molecular complexity index is 475. The molecule has 4 nitrogen and oxygen atoms in total. The summed E-state index contributed by atoms with van der Waals surface area (Å²) in [6.07, 6.45) is 4.42. The van der Waals surface area contributed by atoms with E-state index in [1.165, 1.54) is 32.4 Å². The molecule has 1 atom stereocenters. The molecule has 0 aromatic heterocycles. The Morgan fingerprint density at radius 3 is 2.86 bits per heavy atom. The lowest BCUT2D eigenvalue weighted by Crippen LogP contribution is -2.38. The first-order chi connectivity index (χ1) is 10.6. The second-order valence-electron chi connectivity index (χ2n) is 5.76. The van der Waals surface area contributed by atoms with E-state index in [1.54, 1.807) is 31.2 Å². The van der Waals surface area contributed by atoms with Crippen molar-refractivity contribution < 1.29 is 9.53 Å². The van der Waals surface area contributed by atoms with Crippen molar-refractivity contribution in [3.05, 3.63) is 29.3 Å². The molecule has 1 saturated heterocycles. The number of benzene rings is 1. The van der Waals surface area contributed by atoms with Gasteiger partial charge in [0.2, 0.25) is 0 Å². The summed E-state index contributed by atoms with van der Waals surface area (Å²) in [7, 11) is 0. The molecule has 1 aromatic rings. The summed E-state index contributed by atoms with van der Waals surface area (Å²) in [5, 5.41) is 3.54. The van der Waals surface area contributed by atoms with Crippen LogP contribution in [-0.2, 0) is 4.79 Å². The van der Waals surface area contributed by atoms with Gasteiger partial charge in [0.05, 0.1) is 0 Å². The first kappa shape index (κ1) is 17.1. The minimum absolute atomic E-state index is 0.0846. The molecule has 1 aromatic carbocycles. The molecule has 1 N–H and O–H groups in total. The molecule has 0 aliphatic carbocycles. The summed E-state index contributed by atoms with van der Waals surface area (Å²) >= 11 is 5.90. The molecular weight excluding hydrogens is 300 g/mol. The zero-order valence-electron chi connectivity index (χ0n) is 13.2. The number of hydrogen-bond donors (Lipinski definition) is 1. The maximum Gasteiger partial charge on any atom is 0.260 e. The van der Waals surface area contributed by atoms with Crippen molar-refractivity contribution in [3.8, 4) is 5.75 Å². The quantitative estimate of drug-likeness (QED) is 0.784. The van der Waals surface area contributed by atoms with E-state index in [-0.39, 0.29) is 5.91 Å². The van der Waals surface area contributed by atoms with Gasteiger partial charge in [-0.25, -0.2) is 0 Å². The van der Waals surface area contributed by atoms with Crippen LogP contribution in [0.15, 0.2) is 24.3 Å². The molecule has 0 bridgehead atoms. The minimum Gasteiger partial charge on any atom is -0.481 e. The van der Waals surface area contributed by atoms with Crippen LogP contribution in [-0.4, -0.2) is 43.1 Å². The zero-order chi connectivity index (χ0) is 15.8. The molecule has 1 amide bonds. The van der Waals surface area contributed by atoms with E-state index in [1.807, 2.05) is 0 Å². The van der Waals surface area contributed by atoms with E-state index in [4.69, 9.17) is 16.3 Å². The SMILES string of the molecule is C[C@H](Oc1cccc(Cl)c1)C(=O)NCCCN1CCCCC1. The average Bonchev–Trinajstić information content (AvgIpc) is 2.52. The number of rotatable bonds is 7. The number of nitrogens with zero attached hydrogens (tertiary/aromatic N) is 1. The van der Waals surface area contributed by atoms with Crippen molar-refractivity contribution in [1.82, 2.24) is 10.2 Å². The molecule has 0 spiro atoms. The van der Waals surface area contributed by atoms with Crippen LogP contribution in [0.3, 0.4) is 0 Å². The number of nitrogens with one attached hydrogen (secondary N) is 1. The van der Waals surface area contributed by atoms with Gasteiger partial charge in [0.1, 0.15) is 5.75 Å². The molecule has 1 aliphatic rings. The average molecular weight is 325 g/mol. The molecule has 22 heavy (non-hydrogen) atoms. The number of amides is 1. The van der Waals surface area contributed by atoms with Crippen molar-refractivity contribution >= 4 is 17.5 Å². The first-order valence-electron chi connectivity index (χ1n) is 8.07. The number of ether oxygens (including phenoxy) is 1. The fraction of sp³-hybridized carbons (Fsp3) is 0.588. The van der Waals surface area contributed by atoms with Gasteiger partial charge in [-0.15, -0.1) is 0 Å². The lowest BCUT2D eigenvalue weighted by atomic mass is 10.1. The Hall–Kier alpha value is -1.26. The molecular formula is C17H25ClN2O2. The normalized spacial score (nSPS) is 17.0. The number of halogens is 1. The summed E-state index contributed by atoms with van der Waals surface area (Å²) in [5.41, 5.74) is 0. The van der Waals surface area contributed by atoms with Gasteiger partial charge < -0.3 is 15.0 Å². The lowest BCUT2D eigenvalue weighted by molar-refractivity contribution is -0.127.